The number of aldehydes is 1. The van der Waals surface area contributed by atoms with E-state index in [1.807, 2.05) is 32.0 Å². The van der Waals surface area contributed by atoms with Gasteiger partial charge in [-0.15, -0.1) is 0 Å². The van der Waals surface area contributed by atoms with Crippen LogP contribution in [0.1, 0.15) is 11.1 Å². The summed E-state index contributed by atoms with van der Waals surface area (Å²) in [7, 11) is 0. The molecule has 0 aliphatic carbocycles. The van der Waals surface area contributed by atoms with Crippen LogP contribution in [0.25, 0.3) is 0 Å². The first kappa shape index (κ1) is 8.78. The van der Waals surface area contributed by atoms with Crippen molar-refractivity contribution in [2.75, 3.05) is 6.61 Å². The van der Waals surface area contributed by atoms with E-state index in [1.165, 1.54) is 0 Å². The minimum absolute atomic E-state index is 0.129. The normalized spacial score (nSPS) is 9.50. The minimum Gasteiger partial charge on any atom is -0.486 e. The Morgan fingerprint density at radius 1 is 1.42 bits per heavy atom. The lowest BCUT2D eigenvalue weighted by Gasteiger charge is -2.06. The fourth-order valence-electron chi connectivity index (χ4n) is 0.987. The molecule has 0 saturated carbocycles. The van der Waals surface area contributed by atoms with E-state index in [2.05, 4.69) is 0 Å². The second kappa shape index (κ2) is 3.90. The summed E-state index contributed by atoms with van der Waals surface area (Å²) < 4.78 is 5.20. The molecule has 0 aromatic heterocycles. The maximum absolute atomic E-state index is 10.0. The SMILES string of the molecule is Cc1ccc(C)c(OCC=O)c1. The Hall–Kier alpha value is -1.31. The summed E-state index contributed by atoms with van der Waals surface area (Å²) in [5.74, 6) is 0.794. The van der Waals surface area contributed by atoms with Crippen molar-refractivity contribution >= 4 is 6.29 Å². The highest BCUT2D eigenvalue weighted by Gasteiger charge is 1.97. The van der Waals surface area contributed by atoms with Crippen LogP contribution in [0.4, 0.5) is 0 Å². The Morgan fingerprint density at radius 3 is 2.83 bits per heavy atom. The van der Waals surface area contributed by atoms with Crippen molar-refractivity contribution in [3.05, 3.63) is 29.3 Å². The molecular weight excluding hydrogens is 152 g/mol. The second-order valence-electron chi connectivity index (χ2n) is 2.75. The highest BCUT2D eigenvalue weighted by molar-refractivity contribution is 5.51. The molecule has 0 atom stereocenters. The van der Waals surface area contributed by atoms with Crippen molar-refractivity contribution in [3.63, 3.8) is 0 Å². The number of hydrogen-bond donors (Lipinski definition) is 0. The third-order valence-corrected chi connectivity index (χ3v) is 1.65. The molecular formula is C10H12O2. The molecule has 0 spiro atoms. The Bertz CT molecular complexity index is 279. The monoisotopic (exact) mass is 164 g/mol. The summed E-state index contributed by atoms with van der Waals surface area (Å²) >= 11 is 0. The highest BCUT2D eigenvalue weighted by Crippen LogP contribution is 2.18. The number of hydrogen-bond acceptors (Lipinski definition) is 2. The van der Waals surface area contributed by atoms with E-state index in [9.17, 15) is 4.79 Å². The van der Waals surface area contributed by atoms with Crippen LogP contribution < -0.4 is 4.74 Å². The van der Waals surface area contributed by atoms with Crippen LogP contribution in [0.5, 0.6) is 5.75 Å². The number of ether oxygens (including phenoxy) is 1. The van der Waals surface area contributed by atoms with Gasteiger partial charge >= 0.3 is 0 Å². The Kier molecular flexibility index (Phi) is 2.86. The average Bonchev–Trinajstić information content (AvgIpc) is 2.07. The molecule has 1 aromatic carbocycles. The first-order valence-corrected chi connectivity index (χ1v) is 3.87. The summed E-state index contributed by atoms with van der Waals surface area (Å²) in [5.41, 5.74) is 2.20. The van der Waals surface area contributed by atoms with Gasteiger partial charge in [-0.1, -0.05) is 12.1 Å². The van der Waals surface area contributed by atoms with Gasteiger partial charge in [-0.2, -0.15) is 0 Å². The molecule has 2 heteroatoms. The smallest absolute Gasteiger partial charge is 0.157 e. The molecule has 0 heterocycles. The van der Waals surface area contributed by atoms with Gasteiger partial charge in [-0.3, -0.25) is 4.79 Å². The Balaban J connectivity index is 2.82. The van der Waals surface area contributed by atoms with Gasteiger partial charge in [0.25, 0.3) is 0 Å². The second-order valence-corrected chi connectivity index (χ2v) is 2.75. The van der Waals surface area contributed by atoms with Crippen molar-refractivity contribution in [1.29, 1.82) is 0 Å². The van der Waals surface area contributed by atoms with Crippen molar-refractivity contribution < 1.29 is 9.53 Å². The van der Waals surface area contributed by atoms with Crippen LogP contribution in [-0.2, 0) is 4.79 Å². The molecule has 64 valence electrons. The van der Waals surface area contributed by atoms with Crippen molar-refractivity contribution in [3.8, 4) is 5.75 Å². The number of aryl methyl sites for hydroxylation is 2. The van der Waals surface area contributed by atoms with E-state index >= 15 is 0 Å². The van der Waals surface area contributed by atoms with Crippen LogP contribution in [0, 0.1) is 13.8 Å². The predicted molar refractivity (Wildman–Crippen MR) is 47.5 cm³/mol. The van der Waals surface area contributed by atoms with Gasteiger partial charge < -0.3 is 4.74 Å². The zero-order valence-electron chi connectivity index (χ0n) is 7.33. The third kappa shape index (κ3) is 2.09. The maximum atomic E-state index is 10.0. The van der Waals surface area contributed by atoms with Gasteiger partial charge in [-0.25, -0.2) is 0 Å². The van der Waals surface area contributed by atoms with E-state index in [1.54, 1.807) is 0 Å². The molecule has 0 bridgehead atoms. The largest absolute Gasteiger partial charge is 0.486 e. The van der Waals surface area contributed by atoms with Gasteiger partial charge in [0.2, 0.25) is 0 Å². The highest BCUT2D eigenvalue weighted by atomic mass is 16.5. The molecule has 2 nitrogen and oxygen atoms in total. The van der Waals surface area contributed by atoms with Crippen LogP contribution in [0.3, 0.4) is 0 Å². The number of rotatable bonds is 3. The average molecular weight is 164 g/mol. The molecule has 0 N–H and O–H groups in total. The maximum Gasteiger partial charge on any atom is 0.157 e. The van der Waals surface area contributed by atoms with Gasteiger partial charge in [0, 0.05) is 0 Å². The molecule has 0 radical (unpaired) electrons. The Labute approximate surface area is 72.2 Å². The van der Waals surface area contributed by atoms with Gasteiger partial charge in [0.1, 0.15) is 12.4 Å². The fraction of sp³-hybridized carbons (Fsp3) is 0.300. The molecule has 0 aliphatic rings. The van der Waals surface area contributed by atoms with E-state index in [0.29, 0.717) is 0 Å². The molecule has 0 aliphatic heterocycles. The lowest BCUT2D eigenvalue weighted by molar-refractivity contribution is -0.109. The minimum atomic E-state index is 0.129. The number of carbonyl (C=O) groups is 1. The fourth-order valence-corrected chi connectivity index (χ4v) is 0.987. The molecule has 1 aromatic rings. The zero-order valence-corrected chi connectivity index (χ0v) is 7.33. The van der Waals surface area contributed by atoms with Gasteiger partial charge in [0.15, 0.2) is 6.29 Å². The van der Waals surface area contributed by atoms with Crippen LogP contribution >= 0.6 is 0 Å². The third-order valence-electron chi connectivity index (χ3n) is 1.65. The number of benzene rings is 1. The summed E-state index contributed by atoms with van der Waals surface area (Å²) in [6, 6.07) is 5.93. The van der Waals surface area contributed by atoms with E-state index in [4.69, 9.17) is 4.74 Å². The summed E-state index contributed by atoms with van der Waals surface area (Å²) in [6.07, 6.45) is 0.752. The Morgan fingerprint density at radius 2 is 2.17 bits per heavy atom. The molecule has 0 saturated heterocycles. The van der Waals surface area contributed by atoms with Crippen molar-refractivity contribution in [2.24, 2.45) is 0 Å². The van der Waals surface area contributed by atoms with Gasteiger partial charge in [-0.05, 0) is 31.0 Å². The van der Waals surface area contributed by atoms with Crippen LogP contribution in [-0.4, -0.2) is 12.9 Å². The van der Waals surface area contributed by atoms with Gasteiger partial charge in [0.05, 0.1) is 0 Å². The topological polar surface area (TPSA) is 26.3 Å². The summed E-state index contributed by atoms with van der Waals surface area (Å²) in [6.45, 7) is 4.08. The lowest BCUT2D eigenvalue weighted by Crippen LogP contribution is -1.99. The molecule has 0 unspecified atom stereocenters. The first-order valence-electron chi connectivity index (χ1n) is 3.87. The molecule has 1 rings (SSSR count). The standard InChI is InChI=1S/C10H12O2/c1-8-3-4-9(2)10(7-8)12-6-5-11/h3-5,7H,6H2,1-2H3. The van der Waals surface area contributed by atoms with E-state index in [0.717, 1.165) is 23.2 Å². The molecule has 12 heavy (non-hydrogen) atoms. The quantitative estimate of drug-likeness (QED) is 0.637. The predicted octanol–water partition coefficient (Wildman–Crippen LogP) is 1.88. The van der Waals surface area contributed by atoms with Crippen molar-refractivity contribution in [1.82, 2.24) is 0 Å². The lowest BCUT2D eigenvalue weighted by atomic mass is 10.1. The number of carbonyl (C=O) groups excluding carboxylic acids is 1. The summed E-state index contributed by atoms with van der Waals surface area (Å²) in [5, 5.41) is 0. The summed E-state index contributed by atoms with van der Waals surface area (Å²) in [4.78, 5) is 10.0. The van der Waals surface area contributed by atoms with E-state index in [-0.39, 0.29) is 6.61 Å². The zero-order chi connectivity index (χ0) is 8.97. The van der Waals surface area contributed by atoms with Crippen LogP contribution in [0.15, 0.2) is 18.2 Å². The first-order chi connectivity index (χ1) is 5.74. The molecule has 0 amide bonds. The van der Waals surface area contributed by atoms with Crippen molar-refractivity contribution in [2.45, 2.75) is 13.8 Å². The van der Waals surface area contributed by atoms with E-state index < -0.39 is 0 Å². The van der Waals surface area contributed by atoms with Crippen LogP contribution in [0.2, 0.25) is 0 Å². The molecule has 0 fully saturated rings.